The molecule has 1 N–H and O–H groups in total. The van der Waals surface area contributed by atoms with Crippen LogP contribution in [0.15, 0.2) is 18.2 Å². The van der Waals surface area contributed by atoms with Crippen molar-refractivity contribution >= 4 is 33.2 Å². The molecule has 7 heteroatoms. The lowest BCUT2D eigenvalue weighted by atomic mass is 10.2. The topological polar surface area (TPSA) is 66.5 Å². The van der Waals surface area contributed by atoms with E-state index in [1.807, 2.05) is 0 Å². The fourth-order valence-electron chi connectivity index (χ4n) is 1.95. The van der Waals surface area contributed by atoms with Gasteiger partial charge in [0.25, 0.3) is 0 Å². The number of amides is 1. The van der Waals surface area contributed by atoms with E-state index in [0.29, 0.717) is 10.7 Å². The van der Waals surface area contributed by atoms with Crippen LogP contribution in [0.5, 0.6) is 0 Å². The number of halogens is 1. The number of rotatable bonds is 5. The van der Waals surface area contributed by atoms with Gasteiger partial charge in [0.1, 0.15) is 0 Å². The number of anilines is 1. The van der Waals surface area contributed by atoms with E-state index < -0.39 is 10.0 Å². The number of benzene rings is 1. The predicted octanol–water partition coefficient (Wildman–Crippen LogP) is 2.01. The highest BCUT2D eigenvalue weighted by Gasteiger charge is 2.36. The first-order valence-corrected chi connectivity index (χ1v) is 8.53. The fourth-order valence-corrected chi connectivity index (χ4v) is 3.23. The Balaban J connectivity index is 2.07. The lowest BCUT2D eigenvalue weighted by molar-refractivity contribution is -0.116. The molecule has 0 saturated heterocycles. The van der Waals surface area contributed by atoms with E-state index in [1.54, 1.807) is 25.1 Å². The first kappa shape index (κ1) is 15.3. The molecule has 2 rings (SSSR count). The minimum atomic E-state index is -3.36. The van der Waals surface area contributed by atoms with Crippen molar-refractivity contribution in [1.29, 1.82) is 0 Å². The lowest BCUT2D eigenvalue weighted by Crippen LogP contribution is -2.38. The normalized spacial score (nSPS) is 15.4. The summed E-state index contributed by atoms with van der Waals surface area (Å²) < 4.78 is 24.5. The zero-order valence-corrected chi connectivity index (χ0v) is 13.0. The maximum absolute atomic E-state index is 12.0. The zero-order valence-electron chi connectivity index (χ0n) is 11.4. The smallest absolute Gasteiger partial charge is 0.239 e. The number of hydrogen-bond acceptors (Lipinski definition) is 3. The number of carbonyl (C=O) groups excluding carboxylic acids is 1. The average Bonchev–Trinajstić information content (AvgIpc) is 3.15. The SMILES string of the molecule is Cc1c(Cl)cccc1NC(=O)CN(C1CC1)S(C)(=O)=O. The van der Waals surface area contributed by atoms with Gasteiger partial charge in [-0.05, 0) is 37.5 Å². The van der Waals surface area contributed by atoms with Crippen LogP contribution in [0.2, 0.25) is 5.02 Å². The summed E-state index contributed by atoms with van der Waals surface area (Å²) in [4.78, 5) is 12.0. The van der Waals surface area contributed by atoms with Crippen molar-refractivity contribution in [1.82, 2.24) is 4.31 Å². The highest BCUT2D eigenvalue weighted by Crippen LogP contribution is 2.29. The van der Waals surface area contributed by atoms with Crippen molar-refractivity contribution in [2.45, 2.75) is 25.8 Å². The van der Waals surface area contributed by atoms with Gasteiger partial charge in [0.2, 0.25) is 15.9 Å². The van der Waals surface area contributed by atoms with E-state index in [9.17, 15) is 13.2 Å². The molecule has 1 aromatic rings. The molecule has 1 amide bonds. The summed E-state index contributed by atoms with van der Waals surface area (Å²) in [5.74, 6) is -0.354. The van der Waals surface area contributed by atoms with Crippen molar-refractivity contribution in [3.8, 4) is 0 Å². The van der Waals surface area contributed by atoms with Crippen LogP contribution >= 0.6 is 11.6 Å². The molecule has 1 saturated carbocycles. The van der Waals surface area contributed by atoms with Crippen LogP contribution in [-0.4, -0.2) is 37.5 Å². The van der Waals surface area contributed by atoms with Gasteiger partial charge in [0, 0.05) is 16.8 Å². The van der Waals surface area contributed by atoms with Crippen molar-refractivity contribution in [2.75, 3.05) is 18.1 Å². The van der Waals surface area contributed by atoms with Crippen LogP contribution in [0.25, 0.3) is 0 Å². The van der Waals surface area contributed by atoms with Crippen molar-refractivity contribution in [2.24, 2.45) is 0 Å². The van der Waals surface area contributed by atoms with Gasteiger partial charge in [-0.15, -0.1) is 0 Å². The van der Waals surface area contributed by atoms with Gasteiger partial charge in [-0.2, -0.15) is 4.31 Å². The molecule has 0 aromatic heterocycles. The Bertz CT molecular complexity index is 627. The molecule has 0 atom stereocenters. The van der Waals surface area contributed by atoms with Gasteiger partial charge in [-0.25, -0.2) is 8.42 Å². The largest absolute Gasteiger partial charge is 0.325 e. The fraction of sp³-hybridized carbons (Fsp3) is 0.462. The molecule has 0 bridgehead atoms. The average molecular weight is 317 g/mol. The molecule has 5 nitrogen and oxygen atoms in total. The van der Waals surface area contributed by atoms with Crippen molar-refractivity contribution in [3.05, 3.63) is 28.8 Å². The molecule has 0 radical (unpaired) electrons. The molecular formula is C13H17ClN2O3S. The monoisotopic (exact) mass is 316 g/mol. The Morgan fingerprint density at radius 1 is 1.45 bits per heavy atom. The number of sulfonamides is 1. The molecule has 1 aliphatic rings. The first-order valence-electron chi connectivity index (χ1n) is 6.31. The van der Waals surface area contributed by atoms with E-state index in [-0.39, 0.29) is 18.5 Å². The quantitative estimate of drug-likeness (QED) is 0.903. The summed E-state index contributed by atoms with van der Waals surface area (Å²) in [6.45, 7) is 1.64. The summed E-state index contributed by atoms with van der Waals surface area (Å²) >= 11 is 5.98. The minimum Gasteiger partial charge on any atom is -0.325 e. The van der Waals surface area contributed by atoms with E-state index in [2.05, 4.69) is 5.32 Å². The maximum atomic E-state index is 12.0. The molecule has 1 aromatic carbocycles. The van der Waals surface area contributed by atoms with Gasteiger partial charge < -0.3 is 5.32 Å². The third-order valence-corrected chi connectivity index (χ3v) is 4.91. The van der Waals surface area contributed by atoms with E-state index in [0.717, 1.165) is 24.7 Å². The Kier molecular flexibility index (Phi) is 4.36. The van der Waals surface area contributed by atoms with Crippen LogP contribution in [-0.2, 0) is 14.8 Å². The number of nitrogens with one attached hydrogen (secondary N) is 1. The van der Waals surface area contributed by atoms with Crippen molar-refractivity contribution in [3.63, 3.8) is 0 Å². The standard InChI is InChI=1S/C13H17ClN2O3S/c1-9-11(14)4-3-5-12(9)15-13(17)8-16(10-6-7-10)20(2,18)19/h3-5,10H,6-8H2,1-2H3,(H,15,17). The molecule has 1 aliphatic carbocycles. The van der Waals surface area contributed by atoms with Gasteiger partial charge >= 0.3 is 0 Å². The zero-order chi connectivity index (χ0) is 14.9. The minimum absolute atomic E-state index is 0.0313. The third-order valence-electron chi connectivity index (χ3n) is 3.22. The Hall–Kier alpha value is -1.11. The molecule has 1 fully saturated rings. The van der Waals surface area contributed by atoms with Gasteiger partial charge in [-0.1, -0.05) is 17.7 Å². The second kappa shape index (κ2) is 5.71. The van der Waals surface area contributed by atoms with Crippen LogP contribution in [0.4, 0.5) is 5.69 Å². The van der Waals surface area contributed by atoms with Crippen LogP contribution in [0.3, 0.4) is 0 Å². The molecule has 110 valence electrons. The second-order valence-corrected chi connectivity index (χ2v) is 7.34. The first-order chi connectivity index (χ1) is 9.29. The number of carbonyl (C=O) groups is 1. The Morgan fingerprint density at radius 2 is 2.10 bits per heavy atom. The van der Waals surface area contributed by atoms with Gasteiger partial charge in [0.05, 0.1) is 12.8 Å². The summed E-state index contributed by atoms with van der Waals surface area (Å²) in [7, 11) is -3.36. The van der Waals surface area contributed by atoms with Crippen LogP contribution in [0.1, 0.15) is 18.4 Å². The molecule has 0 heterocycles. The van der Waals surface area contributed by atoms with E-state index in [4.69, 9.17) is 11.6 Å². The van der Waals surface area contributed by atoms with Crippen LogP contribution in [0, 0.1) is 6.92 Å². The van der Waals surface area contributed by atoms with E-state index >= 15 is 0 Å². The lowest BCUT2D eigenvalue weighted by Gasteiger charge is -2.19. The Labute approximate surface area is 124 Å². The number of hydrogen-bond donors (Lipinski definition) is 1. The molecule has 0 aliphatic heterocycles. The summed E-state index contributed by atoms with van der Waals surface area (Å²) in [6, 6.07) is 5.18. The maximum Gasteiger partial charge on any atom is 0.239 e. The summed E-state index contributed by atoms with van der Waals surface area (Å²) in [5.41, 5.74) is 1.37. The molecule has 20 heavy (non-hydrogen) atoms. The number of nitrogens with zero attached hydrogens (tertiary/aromatic N) is 1. The van der Waals surface area contributed by atoms with E-state index in [1.165, 1.54) is 4.31 Å². The molecule has 0 unspecified atom stereocenters. The third kappa shape index (κ3) is 3.71. The van der Waals surface area contributed by atoms with Gasteiger partial charge in [0.15, 0.2) is 0 Å². The second-order valence-electron chi connectivity index (χ2n) is 5.00. The molecular weight excluding hydrogens is 300 g/mol. The van der Waals surface area contributed by atoms with Gasteiger partial charge in [-0.3, -0.25) is 4.79 Å². The Morgan fingerprint density at radius 3 is 2.65 bits per heavy atom. The van der Waals surface area contributed by atoms with Crippen LogP contribution < -0.4 is 5.32 Å². The van der Waals surface area contributed by atoms with Crippen molar-refractivity contribution < 1.29 is 13.2 Å². The highest BCUT2D eigenvalue weighted by atomic mass is 35.5. The highest BCUT2D eigenvalue weighted by molar-refractivity contribution is 7.88. The summed E-state index contributed by atoms with van der Waals surface area (Å²) in [6.07, 6.45) is 2.76. The molecule has 0 spiro atoms. The predicted molar refractivity (Wildman–Crippen MR) is 79.4 cm³/mol. The summed E-state index contributed by atoms with van der Waals surface area (Å²) in [5, 5.41) is 3.27.